The molecule has 6 nitrogen and oxygen atoms in total. The summed E-state index contributed by atoms with van der Waals surface area (Å²) < 4.78 is 7.18. The standard InChI is InChI=1S/C16H15N3O3/c1-9-4-12(9)10-2-3-14-17-11(7-19(14)6-10)5-15-18-13(8-22-15)16(20)21/h2-3,6-9,12H,4-5H2,1H3,(H,20,21). The number of nitrogens with zero attached hydrogens (tertiary/aromatic N) is 3. The molecule has 3 aromatic heterocycles. The van der Waals surface area contributed by atoms with Crippen LogP contribution in [-0.4, -0.2) is 25.4 Å². The van der Waals surface area contributed by atoms with Crippen molar-refractivity contribution in [3.63, 3.8) is 0 Å². The Kier molecular flexibility index (Phi) is 2.79. The third kappa shape index (κ3) is 2.26. The Balaban J connectivity index is 1.60. The van der Waals surface area contributed by atoms with E-state index in [9.17, 15) is 4.79 Å². The van der Waals surface area contributed by atoms with Gasteiger partial charge in [0.25, 0.3) is 0 Å². The van der Waals surface area contributed by atoms with Crippen molar-refractivity contribution in [2.24, 2.45) is 5.92 Å². The number of carboxylic acids is 1. The molecule has 0 aliphatic heterocycles. The van der Waals surface area contributed by atoms with Crippen molar-refractivity contribution in [3.8, 4) is 0 Å². The summed E-state index contributed by atoms with van der Waals surface area (Å²) in [6, 6.07) is 4.15. The number of imidazole rings is 1. The van der Waals surface area contributed by atoms with Gasteiger partial charge in [0, 0.05) is 12.4 Å². The summed E-state index contributed by atoms with van der Waals surface area (Å²) in [7, 11) is 0. The third-order valence-corrected chi connectivity index (χ3v) is 4.16. The van der Waals surface area contributed by atoms with E-state index in [1.165, 1.54) is 12.0 Å². The molecule has 0 spiro atoms. The van der Waals surface area contributed by atoms with Crippen LogP contribution in [0.3, 0.4) is 0 Å². The van der Waals surface area contributed by atoms with Crippen molar-refractivity contribution in [1.29, 1.82) is 0 Å². The molecule has 6 heteroatoms. The Morgan fingerprint density at radius 2 is 2.23 bits per heavy atom. The van der Waals surface area contributed by atoms with Crippen LogP contribution in [0.25, 0.3) is 5.65 Å². The minimum absolute atomic E-state index is 0.0798. The molecule has 4 rings (SSSR count). The molecule has 1 saturated carbocycles. The van der Waals surface area contributed by atoms with E-state index in [1.807, 2.05) is 16.7 Å². The fraction of sp³-hybridized carbons (Fsp3) is 0.312. The van der Waals surface area contributed by atoms with Crippen molar-refractivity contribution in [2.75, 3.05) is 0 Å². The molecule has 0 bridgehead atoms. The van der Waals surface area contributed by atoms with Crippen molar-refractivity contribution in [3.05, 3.63) is 53.6 Å². The molecule has 0 amide bonds. The highest BCUT2D eigenvalue weighted by Gasteiger charge is 2.34. The van der Waals surface area contributed by atoms with Gasteiger partial charge in [0.2, 0.25) is 5.89 Å². The second kappa shape index (κ2) is 4.69. The molecule has 22 heavy (non-hydrogen) atoms. The van der Waals surface area contributed by atoms with E-state index in [1.54, 1.807) is 0 Å². The first-order valence-corrected chi connectivity index (χ1v) is 7.25. The quantitative estimate of drug-likeness (QED) is 0.800. The van der Waals surface area contributed by atoms with Crippen molar-refractivity contribution >= 4 is 11.6 Å². The highest BCUT2D eigenvalue weighted by molar-refractivity contribution is 5.84. The molecule has 1 fully saturated rings. The Morgan fingerprint density at radius 1 is 1.41 bits per heavy atom. The molecule has 3 heterocycles. The lowest BCUT2D eigenvalue weighted by Crippen LogP contribution is -1.97. The van der Waals surface area contributed by atoms with Gasteiger partial charge in [-0.05, 0) is 29.9 Å². The van der Waals surface area contributed by atoms with Crippen LogP contribution in [0.1, 0.15) is 46.9 Å². The molecular weight excluding hydrogens is 282 g/mol. The van der Waals surface area contributed by atoms with E-state index in [-0.39, 0.29) is 5.69 Å². The first kappa shape index (κ1) is 13.1. The Morgan fingerprint density at radius 3 is 2.91 bits per heavy atom. The number of oxazole rings is 1. The number of fused-ring (bicyclic) bond motifs is 1. The van der Waals surface area contributed by atoms with Crippen LogP contribution in [0.5, 0.6) is 0 Å². The summed E-state index contributed by atoms with van der Waals surface area (Å²) in [6.45, 7) is 2.26. The van der Waals surface area contributed by atoms with E-state index in [2.05, 4.69) is 29.2 Å². The maximum Gasteiger partial charge on any atom is 0.357 e. The van der Waals surface area contributed by atoms with Gasteiger partial charge in [0.05, 0.1) is 12.1 Å². The highest BCUT2D eigenvalue weighted by atomic mass is 16.4. The Bertz CT molecular complexity index is 865. The minimum Gasteiger partial charge on any atom is -0.476 e. The predicted octanol–water partition coefficient (Wildman–Crippen LogP) is 2.73. The van der Waals surface area contributed by atoms with Crippen molar-refractivity contribution < 1.29 is 14.3 Å². The van der Waals surface area contributed by atoms with Crippen LogP contribution in [0.15, 0.2) is 35.2 Å². The van der Waals surface area contributed by atoms with E-state index < -0.39 is 5.97 Å². The van der Waals surface area contributed by atoms with Gasteiger partial charge in [-0.15, -0.1) is 0 Å². The summed E-state index contributed by atoms with van der Waals surface area (Å²) in [5.74, 6) is 0.701. The van der Waals surface area contributed by atoms with E-state index in [0.717, 1.165) is 23.5 Å². The molecule has 1 aliphatic rings. The van der Waals surface area contributed by atoms with Gasteiger partial charge in [-0.1, -0.05) is 13.0 Å². The molecule has 1 aliphatic carbocycles. The zero-order valence-corrected chi connectivity index (χ0v) is 12.1. The van der Waals surface area contributed by atoms with Crippen LogP contribution >= 0.6 is 0 Å². The number of aromatic carboxylic acids is 1. The number of carbonyl (C=O) groups is 1. The average Bonchev–Trinajstić information content (AvgIpc) is 2.90. The zero-order valence-electron chi connectivity index (χ0n) is 12.1. The number of aromatic nitrogens is 3. The van der Waals surface area contributed by atoms with E-state index in [0.29, 0.717) is 18.2 Å². The van der Waals surface area contributed by atoms with Crippen LogP contribution in [0, 0.1) is 5.92 Å². The van der Waals surface area contributed by atoms with Gasteiger partial charge >= 0.3 is 5.97 Å². The predicted molar refractivity (Wildman–Crippen MR) is 78.0 cm³/mol. The van der Waals surface area contributed by atoms with Gasteiger partial charge in [-0.2, -0.15) is 0 Å². The molecule has 3 aromatic rings. The first-order valence-electron chi connectivity index (χ1n) is 7.25. The number of hydrogen-bond acceptors (Lipinski definition) is 4. The smallest absolute Gasteiger partial charge is 0.357 e. The molecule has 2 atom stereocenters. The Labute approximate surface area is 126 Å². The number of hydrogen-bond donors (Lipinski definition) is 1. The number of rotatable bonds is 4. The molecule has 1 N–H and O–H groups in total. The van der Waals surface area contributed by atoms with Crippen LogP contribution in [0.4, 0.5) is 0 Å². The summed E-state index contributed by atoms with van der Waals surface area (Å²) in [5.41, 5.74) is 2.94. The zero-order chi connectivity index (χ0) is 15.3. The van der Waals surface area contributed by atoms with Gasteiger partial charge in [-0.25, -0.2) is 14.8 Å². The molecule has 2 unspecified atom stereocenters. The monoisotopic (exact) mass is 297 g/mol. The highest BCUT2D eigenvalue weighted by Crippen LogP contribution is 2.46. The molecular formula is C16H15N3O3. The van der Waals surface area contributed by atoms with Crippen LogP contribution in [-0.2, 0) is 6.42 Å². The normalized spacial score (nSPS) is 20.4. The lowest BCUT2D eigenvalue weighted by molar-refractivity contribution is 0.0690. The molecule has 0 aromatic carbocycles. The van der Waals surface area contributed by atoms with Gasteiger partial charge in [0.15, 0.2) is 5.69 Å². The van der Waals surface area contributed by atoms with Crippen molar-refractivity contribution in [2.45, 2.75) is 25.7 Å². The third-order valence-electron chi connectivity index (χ3n) is 4.16. The van der Waals surface area contributed by atoms with Crippen molar-refractivity contribution in [1.82, 2.24) is 14.4 Å². The maximum absolute atomic E-state index is 10.8. The van der Waals surface area contributed by atoms with Gasteiger partial charge in [-0.3, -0.25) is 0 Å². The Hall–Kier alpha value is -2.63. The lowest BCUT2D eigenvalue weighted by Gasteiger charge is -1.99. The summed E-state index contributed by atoms with van der Waals surface area (Å²) in [6.07, 6.45) is 6.85. The van der Waals surface area contributed by atoms with Gasteiger partial charge < -0.3 is 13.9 Å². The van der Waals surface area contributed by atoms with Crippen LogP contribution in [0.2, 0.25) is 0 Å². The molecule has 112 valence electrons. The number of carboxylic acid groups (broad SMARTS) is 1. The fourth-order valence-electron chi connectivity index (χ4n) is 2.80. The van der Waals surface area contributed by atoms with E-state index >= 15 is 0 Å². The second-order valence-electron chi connectivity index (χ2n) is 5.89. The summed E-state index contributed by atoms with van der Waals surface area (Å²) >= 11 is 0. The van der Waals surface area contributed by atoms with Gasteiger partial charge in [0.1, 0.15) is 11.9 Å². The molecule has 0 radical (unpaired) electrons. The lowest BCUT2D eigenvalue weighted by atomic mass is 10.1. The average molecular weight is 297 g/mol. The summed E-state index contributed by atoms with van der Waals surface area (Å²) in [4.78, 5) is 19.2. The largest absolute Gasteiger partial charge is 0.476 e. The molecule has 0 saturated heterocycles. The first-order chi connectivity index (χ1) is 10.6. The van der Waals surface area contributed by atoms with Crippen LogP contribution < -0.4 is 0 Å². The minimum atomic E-state index is -1.09. The maximum atomic E-state index is 10.8. The fourth-order valence-corrected chi connectivity index (χ4v) is 2.80. The topological polar surface area (TPSA) is 80.6 Å². The SMILES string of the molecule is CC1CC1c1ccc2nc(Cc3nc(C(=O)O)co3)cn2c1. The second-order valence-corrected chi connectivity index (χ2v) is 5.89. The van der Waals surface area contributed by atoms with E-state index in [4.69, 9.17) is 9.52 Å². The number of pyridine rings is 1. The summed E-state index contributed by atoms with van der Waals surface area (Å²) in [5, 5.41) is 8.85.